The molecule has 0 saturated carbocycles. The Labute approximate surface area is 111 Å². The summed E-state index contributed by atoms with van der Waals surface area (Å²) >= 11 is 0. The summed E-state index contributed by atoms with van der Waals surface area (Å²) in [5.74, 6) is -0.324. The summed E-state index contributed by atoms with van der Waals surface area (Å²) in [7, 11) is 1.55. The maximum absolute atomic E-state index is 11.8. The lowest BCUT2D eigenvalue weighted by Gasteiger charge is -2.19. The van der Waals surface area contributed by atoms with Crippen LogP contribution in [0.4, 0.5) is 5.69 Å². The molecule has 19 heavy (non-hydrogen) atoms. The van der Waals surface area contributed by atoms with Crippen molar-refractivity contribution in [3.63, 3.8) is 0 Å². The van der Waals surface area contributed by atoms with E-state index in [1.165, 1.54) is 6.08 Å². The summed E-state index contributed by atoms with van der Waals surface area (Å²) in [6.45, 7) is 0.668. The molecule has 1 aromatic carbocycles. The number of hydrogen-bond acceptors (Lipinski definition) is 3. The smallest absolute Gasteiger partial charge is 0.328 e. The highest BCUT2D eigenvalue weighted by Gasteiger charge is 2.24. The van der Waals surface area contributed by atoms with Crippen LogP contribution in [0.3, 0.4) is 0 Å². The third-order valence-electron chi connectivity index (χ3n) is 2.99. The fourth-order valence-electron chi connectivity index (χ4n) is 2.09. The minimum atomic E-state index is -1.00. The number of ether oxygens (including phenoxy) is 1. The van der Waals surface area contributed by atoms with E-state index in [2.05, 4.69) is 0 Å². The van der Waals surface area contributed by atoms with Gasteiger partial charge < -0.3 is 14.7 Å². The quantitative estimate of drug-likeness (QED) is 0.841. The lowest BCUT2D eigenvalue weighted by Crippen LogP contribution is -2.24. The van der Waals surface area contributed by atoms with Gasteiger partial charge in [-0.3, -0.25) is 4.79 Å². The molecule has 1 saturated heterocycles. The van der Waals surface area contributed by atoms with E-state index in [1.54, 1.807) is 30.2 Å². The molecule has 0 aromatic heterocycles. The number of amides is 1. The summed E-state index contributed by atoms with van der Waals surface area (Å²) in [6, 6.07) is 5.26. The predicted octanol–water partition coefficient (Wildman–Crippen LogP) is 1.92. The van der Waals surface area contributed by atoms with Gasteiger partial charge >= 0.3 is 5.97 Å². The minimum absolute atomic E-state index is 0.0673. The fraction of sp³-hybridized carbons (Fsp3) is 0.286. The van der Waals surface area contributed by atoms with E-state index in [1.807, 2.05) is 0 Å². The van der Waals surface area contributed by atoms with Crippen LogP contribution in [-0.2, 0) is 9.59 Å². The van der Waals surface area contributed by atoms with Crippen LogP contribution < -0.4 is 9.64 Å². The van der Waals surface area contributed by atoms with Gasteiger partial charge in [0.25, 0.3) is 0 Å². The van der Waals surface area contributed by atoms with Crippen molar-refractivity contribution >= 4 is 23.6 Å². The average molecular weight is 261 g/mol. The van der Waals surface area contributed by atoms with Crippen LogP contribution in [0.2, 0.25) is 0 Å². The number of rotatable bonds is 4. The average Bonchev–Trinajstić information content (AvgIpc) is 2.82. The molecule has 0 bridgehead atoms. The first-order valence-electron chi connectivity index (χ1n) is 6.01. The number of anilines is 1. The van der Waals surface area contributed by atoms with Gasteiger partial charge in [-0.15, -0.1) is 0 Å². The molecule has 0 spiro atoms. The highest BCUT2D eigenvalue weighted by Crippen LogP contribution is 2.32. The van der Waals surface area contributed by atoms with Crippen LogP contribution in [0.1, 0.15) is 18.4 Å². The highest BCUT2D eigenvalue weighted by molar-refractivity contribution is 5.97. The maximum Gasteiger partial charge on any atom is 0.328 e. The number of benzene rings is 1. The van der Waals surface area contributed by atoms with Crippen LogP contribution in [0.5, 0.6) is 5.75 Å². The van der Waals surface area contributed by atoms with Crippen molar-refractivity contribution in [2.45, 2.75) is 12.8 Å². The number of aliphatic carboxylic acids is 1. The summed E-state index contributed by atoms with van der Waals surface area (Å²) in [4.78, 5) is 24.0. The van der Waals surface area contributed by atoms with Gasteiger partial charge in [-0.25, -0.2) is 4.79 Å². The Balaban J connectivity index is 2.36. The molecule has 1 fully saturated rings. The first-order chi connectivity index (χ1) is 9.11. The third-order valence-corrected chi connectivity index (χ3v) is 2.99. The number of hydrogen-bond donors (Lipinski definition) is 1. The Morgan fingerprint density at radius 2 is 2.26 bits per heavy atom. The second kappa shape index (κ2) is 5.56. The Bertz CT molecular complexity index is 536. The zero-order chi connectivity index (χ0) is 13.8. The van der Waals surface area contributed by atoms with E-state index in [0.29, 0.717) is 24.4 Å². The van der Waals surface area contributed by atoms with E-state index in [9.17, 15) is 9.59 Å². The maximum atomic E-state index is 11.8. The molecule has 2 rings (SSSR count). The second-order valence-electron chi connectivity index (χ2n) is 4.25. The van der Waals surface area contributed by atoms with Crippen molar-refractivity contribution in [2.75, 3.05) is 18.6 Å². The molecule has 0 unspecified atom stereocenters. The number of methoxy groups -OCH3 is 1. The van der Waals surface area contributed by atoms with Gasteiger partial charge in [0.1, 0.15) is 5.75 Å². The standard InChI is InChI=1S/C14H15NO4/c1-19-12-6-4-10(5-7-14(17)18)9-11(12)15-8-2-3-13(15)16/h4-7,9H,2-3,8H2,1H3,(H,17,18). The molecule has 1 aliphatic rings. The molecule has 1 aliphatic heterocycles. The van der Waals surface area contributed by atoms with Gasteiger partial charge in [-0.2, -0.15) is 0 Å². The van der Waals surface area contributed by atoms with Crippen LogP contribution in [-0.4, -0.2) is 30.6 Å². The topological polar surface area (TPSA) is 66.8 Å². The molecule has 0 aliphatic carbocycles. The third kappa shape index (κ3) is 2.93. The number of nitrogens with zero attached hydrogens (tertiary/aromatic N) is 1. The molecule has 0 radical (unpaired) electrons. The number of carboxylic acids is 1. The molecule has 1 N–H and O–H groups in total. The molecule has 1 amide bonds. The zero-order valence-electron chi connectivity index (χ0n) is 10.6. The Morgan fingerprint density at radius 3 is 2.84 bits per heavy atom. The van der Waals surface area contributed by atoms with E-state index < -0.39 is 5.97 Å². The van der Waals surface area contributed by atoms with E-state index in [-0.39, 0.29) is 5.91 Å². The van der Waals surface area contributed by atoms with Gasteiger partial charge in [-0.05, 0) is 30.2 Å². The van der Waals surface area contributed by atoms with Gasteiger partial charge in [0, 0.05) is 19.0 Å². The van der Waals surface area contributed by atoms with E-state index >= 15 is 0 Å². The van der Waals surface area contributed by atoms with Gasteiger partial charge in [-0.1, -0.05) is 6.07 Å². The normalized spacial score (nSPS) is 15.2. The largest absolute Gasteiger partial charge is 0.495 e. The molecule has 1 aromatic rings. The Kier molecular flexibility index (Phi) is 3.85. The second-order valence-corrected chi connectivity index (χ2v) is 4.25. The Hall–Kier alpha value is -2.30. The molecule has 100 valence electrons. The molecule has 5 nitrogen and oxygen atoms in total. The van der Waals surface area contributed by atoms with Gasteiger partial charge in [0.2, 0.25) is 5.91 Å². The first kappa shape index (κ1) is 13.1. The van der Waals surface area contributed by atoms with Crippen LogP contribution >= 0.6 is 0 Å². The van der Waals surface area contributed by atoms with Gasteiger partial charge in [0.05, 0.1) is 12.8 Å². The van der Waals surface area contributed by atoms with Crippen molar-refractivity contribution in [2.24, 2.45) is 0 Å². The minimum Gasteiger partial charge on any atom is -0.495 e. The van der Waals surface area contributed by atoms with Crippen LogP contribution in [0, 0.1) is 0 Å². The van der Waals surface area contributed by atoms with E-state index in [0.717, 1.165) is 18.1 Å². The zero-order valence-corrected chi connectivity index (χ0v) is 10.6. The molecule has 1 heterocycles. The van der Waals surface area contributed by atoms with Gasteiger partial charge in [0.15, 0.2) is 0 Å². The highest BCUT2D eigenvalue weighted by atomic mass is 16.5. The lowest BCUT2D eigenvalue weighted by molar-refractivity contribution is -0.131. The fourth-order valence-corrected chi connectivity index (χ4v) is 2.09. The molecular formula is C14H15NO4. The summed E-state index contributed by atoms with van der Waals surface area (Å²) in [5, 5.41) is 8.62. The first-order valence-corrected chi connectivity index (χ1v) is 6.01. The van der Waals surface area contributed by atoms with Crippen molar-refractivity contribution in [1.29, 1.82) is 0 Å². The SMILES string of the molecule is COc1ccc(C=CC(=O)O)cc1N1CCCC1=O. The van der Waals surface area contributed by atoms with Crippen LogP contribution in [0.15, 0.2) is 24.3 Å². The summed E-state index contributed by atoms with van der Waals surface area (Å²) < 4.78 is 5.25. The monoisotopic (exact) mass is 261 g/mol. The van der Waals surface area contributed by atoms with Crippen molar-refractivity contribution in [3.8, 4) is 5.75 Å². The summed E-state index contributed by atoms with van der Waals surface area (Å²) in [6.07, 6.45) is 3.93. The Morgan fingerprint density at radius 1 is 1.47 bits per heavy atom. The number of carbonyl (C=O) groups excluding carboxylic acids is 1. The number of carboxylic acid groups (broad SMARTS) is 1. The number of carbonyl (C=O) groups is 2. The van der Waals surface area contributed by atoms with Crippen molar-refractivity contribution in [3.05, 3.63) is 29.8 Å². The molecular weight excluding hydrogens is 246 g/mol. The lowest BCUT2D eigenvalue weighted by atomic mass is 10.1. The van der Waals surface area contributed by atoms with Crippen LogP contribution in [0.25, 0.3) is 6.08 Å². The molecule has 0 atom stereocenters. The van der Waals surface area contributed by atoms with Crippen molar-refractivity contribution in [1.82, 2.24) is 0 Å². The summed E-state index contributed by atoms with van der Waals surface area (Å²) in [5.41, 5.74) is 1.41. The molecule has 5 heteroatoms. The van der Waals surface area contributed by atoms with Crippen molar-refractivity contribution < 1.29 is 19.4 Å². The predicted molar refractivity (Wildman–Crippen MR) is 71.3 cm³/mol. The van der Waals surface area contributed by atoms with E-state index in [4.69, 9.17) is 9.84 Å².